The summed E-state index contributed by atoms with van der Waals surface area (Å²) in [5.41, 5.74) is 1.89. The topological polar surface area (TPSA) is 55.8 Å². The van der Waals surface area contributed by atoms with Gasteiger partial charge in [0.15, 0.2) is 0 Å². The Balaban J connectivity index is 1.56. The van der Waals surface area contributed by atoms with Crippen LogP contribution in [0.15, 0.2) is 36.4 Å². The van der Waals surface area contributed by atoms with Gasteiger partial charge in [-0.25, -0.2) is 0 Å². The van der Waals surface area contributed by atoms with Crippen LogP contribution in [0.25, 0.3) is 0 Å². The van der Waals surface area contributed by atoms with E-state index in [1.165, 1.54) is 5.56 Å². The van der Waals surface area contributed by atoms with Crippen LogP contribution >= 0.6 is 0 Å². The van der Waals surface area contributed by atoms with E-state index in [-0.39, 0.29) is 24.5 Å². The Bertz CT molecular complexity index is 594. The zero-order valence-corrected chi connectivity index (χ0v) is 14.3. The van der Waals surface area contributed by atoms with Crippen molar-refractivity contribution in [3.63, 3.8) is 0 Å². The van der Waals surface area contributed by atoms with Gasteiger partial charge in [0.05, 0.1) is 0 Å². The number of piperazine rings is 1. The number of hydrogen-bond acceptors (Lipinski definition) is 4. The molecule has 3 rings (SSSR count). The summed E-state index contributed by atoms with van der Waals surface area (Å²) in [6.45, 7) is 5.37. The molecule has 2 aliphatic rings. The molecule has 0 aromatic heterocycles. The third-order valence-electron chi connectivity index (χ3n) is 4.91. The maximum absolute atomic E-state index is 12.5. The predicted octanol–water partition coefficient (Wildman–Crippen LogP) is 1.10. The maximum Gasteiger partial charge on any atom is 0.251 e. The van der Waals surface area contributed by atoms with Crippen molar-refractivity contribution in [1.29, 1.82) is 0 Å². The first-order valence-corrected chi connectivity index (χ1v) is 8.74. The number of aliphatic hydroxyl groups excluding tert-OH is 1. The van der Waals surface area contributed by atoms with E-state index in [1.807, 2.05) is 30.4 Å². The van der Waals surface area contributed by atoms with Crippen LogP contribution in [0.5, 0.6) is 0 Å². The van der Waals surface area contributed by atoms with Crippen LogP contribution in [0.4, 0.5) is 0 Å². The van der Waals surface area contributed by atoms with E-state index in [0.29, 0.717) is 5.56 Å². The number of aliphatic hydroxyl groups is 1. The van der Waals surface area contributed by atoms with Gasteiger partial charge in [0, 0.05) is 56.9 Å². The molecule has 5 nitrogen and oxygen atoms in total. The van der Waals surface area contributed by atoms with E-state index in [4.69, 9.17) is 0 Å². The fourth-order valence-corrected chi connectivity index (χ4v) is 3.34. The molecule has 1 aliphatic carbocycles. The lowest BCUT2D eigenvalue weighted by molar-refractivity contribution is 0.0940. The van der Waals surface area contributed by atoms with Crippen LogP contribution in [-0.4, -0.2) is 66.7 Å². The lowest BCUT2D eigenvalue weighted by Gasteiger charge is -2.32. The Kier molecular flexibility index (Phi) is 5.66. The minimum absolute atomic E-state index is 0.0240. The van der Waals surface area contributed by atoms with Crippen LogP contribution < -0.4 is 5.32 Å². The second-order valence-electron chi connectivity index (χ2n) is 6.92. The number of nitrogens with one attached hydrogen (secondary N) is 1. The van der Waals surface area contributed by atoms with Gasteiger partial charge in [-0.05, 0) is 31.2 Å². The summed E-state index contributed by atoms with van der Waals surface area (Å²) < 4.78 is 0. The third-order valence-corrected chi connectivity index (χ3v) is 4.91. The van der Waals surface area contributed by atoms with E-state index in [2.05, 4.69) is 28.2 Å². The highest BCUT2D eigenvalue weighted by molar-refractivity contribution is 5.94. The van der Waals surface area contributed by atoms with Crippen molar-refractivity contribution in [2.75, 3.05) is 39.8 Å². The number of amides is 1. The Morgan fingerprint density at radius 1 is 1.25 bits per heavy atom. The average Bonchev–Trinajstić information content (AvgIpc) is 3.05. The molecule has 130 valence electrons. The molecule has 1 saturated heterocycles. The molecule has 1 amide bonds. The molecule has 0 radical (unpaired) electrons. The lowest BCUT2D eigenvalue weighted by Crippen LogP contribution is -2.43. The van der Waals surface area contributed by atoms with Crippen molar-refractivity contribution in [3.05, 3.63) is 47.5 Å². The van der Waals surface area contributed by atoms with Crippen LogP contribution in [0.2, 0.25) is 0 Å². The third kappa shape index (κ3) is 4.44. The second kappa shape index (κ2) is 7.92. The van der Waals surface area contributed by atoms with Crippen LogP contribution in [0.3, 0.4) is 0 Å². The lowest BCUT2D eigenvalue weighted by atomic mass is 10.1. The highest BCUT2D eigenvalue weighted by atomic mass is 16.3. The average molecular weight is 329 g/mol. The number of benzene rings is 1. The maximum atomic E-state index is 12.5. The van der Waals surface area contributed by atoms with Gasteiger partial charge in [0.2, 0.25) is 0 Å². The summed E-state index contributed by atoms with van der Waals surface area (Å²) in [7, 11) is 2.15. The van der Waals surface area contributed by atoms with Gasteiger partial charge >= 0.3 is 0 Å². The second-order valence-corrected chi connectivity index (χ2v) is 6.92. The number of carbonyl (C=O) groups is 1. The van der Waals surface area contributed by atoms with Crippen molar-refractivity contribution in [3.8, 4) is 0 Å². The van der Waals surface area contributed by atoms with E-state index in [9.17, 15) is 9.90 Å². The molecule has 1 heterocycles. The minimum atomic E-state index is -0.0385. The molecule has 1 aromatic carbocycles. The highest BCUT2D eigenvalue weighted by Gasteiger charge is 2.20. The predicted molar refractivity (Wildman–Crippen MR) is 94.8 cm³/mol. The first-order chi connectivity index (χ1) is 11.6. The van der Waals surface area contributed by atoms with Gasteiger partial charge in [-0.2, -0.15) is 0 Å². The smallest absolute Gasteiger partial charge is 0.251 e. The van der Waals surface area contributed by atoms with Gasteiger partial charge in [-0.15, -0.1) is 0 Å². The normalized spacial score (nSPS) is 25.1. The number of rotatable bonds is 5. The van der Waals surface area contributed by atoms with E-state index >= 15 is 0 Å². The quantitative estimate of drug-likeness (QED) is 0.795. The van der Waals surface area contributed by atoms with Gasteiger partial charge in [-0.1, -0.05) is 24.3 Å². The van der Waals surface area contributed by atoms with E-state index in [0.717, 1.165) is 39.1 Å². The van der Waals surface area contributed by atoms with Crippen molar-refractivity contribution >= 4 is 5.91 Å². The molecule has 2 atom stereocenters. The Morgan fingerprint density at radius 2 is 2.04 bits per heavy atom. The summed E-state index contributed by atoms with van der Waals surface area (Å²) in [6, 6.07) is 7.94. The molecule has 1 aromatic rings. The minimum Gasteiger partial charge on any atom is -0.396 e. The Labute approximate surface area is 143 Å². The molecule has 2 N–H and O–H groups in total. The molecule has 0 spiro atoms. The van der Waals surface area contributed by atoms with Crippen molar-refractivity contribution in [2.24, 2.45) is 5.92 Å². The number of likely N-dealkylation sites (N-methyl/N-ethyl adjacent to an activating group) is 1. The summed E-state index contributed by atoms with van der Waals surface area (Å²) in [4.78, 5) is 17.2. The van der Waals surface area contributed by atoms with Crippen LogP contribution in [0, 0.1) is 5.92 Å². The SMILES string of the molecule is CN1CCN(Cc2cccc(C(=O)N[C@@H]3C=C[C@H](CO)C3)c2)CC1. The standard InChI is InChI=1S/C19H27N3O2/c1-21-7-9-22(10-8-21)13-15-3-2-4-17(11-15)19(24)20-18-6-5-16(12-18)14-23/h2-6,11,16,18,23H,7-10,12-14H2,1H3,(H,20,24)/t16-,18+/m0/s1. The zero-order valence-electron chi connectivity index (χ0n) is 14.3. The summed E-state index contributed by atoms with van der Waals surface area (Å²) in [6.07, 6.45) is 4.74. The summed E-state index contributed by atoms with van der Waals surface area (Å²) in [5.74, 6) is 0.127. The van der Waals surface area contributed by atoms with E-state index < -0.39 is 0 Å². The molecule has 0 bridgehead atoms. The fourth-order valence-electron chi connectivity index (χ4n) is 3.34. The Hall–Kier alpha value is -1.69. The molecule has 5 heteroatoms. The monoisotopic (exact) mass is 329 g/mol. The molecule has 0 unspecified atom stereocenters. The first kappa shape index (κ1) is 17.1. The molecular weight excluding hydrogens is 302 g/mol. The molecular formula is C19H27N3O2. The molecule has 1 aliphatic heterocycles. The highest BCUT2D eigenvalue weighted by Crippen LogP contribution is 2.18. The van der Waals surface area contributed by atoms with Gasteiger partial charge in [-0.3, -0.25) is 9.69 Å². The van der Waals surface area contributed by atoms with E-state index in [1.54, 1.807) is 0 Å². The molecule has 1 fully saturated rings. The van der Waals surface area contributed by atoms with Crippen molar-refractivity contribution in [2.45, 2.75) is 19.0 Å². The number of nitrogens with zero attached hydrogens (tertiary/aromatic N) is 2. The zero-order chi connectivity index (χ0) is 16.9. The number of carbonyl (C=O) groups excluding carboxylic acids is 1. The molecule has 24 heavy (non-hydrogen) atoms. The fraction of sp³-hybridized carbons (Fsp3) is 0.526. The molecule has 0 saturated carbocycles. The van der Waals surface area contributed by atoms with Crippen LogP contribution in [-0.2, 0) is 6.54 Å². The van der Waals surface area contributed by atoms with Crippen molar-refractivity contribution < 1.29 is 9.90 Å². The summed E-state index contributed by atoms with van der Waals surface area (Å²) in [5, 5.41) is 12.2. The van der Waals surface area contributed by atoms with Gasteiger partial charge in [0.1, 0.15) is 0 Å². The van der Waals surface area contributed by atoms with Gasteiger partial charge in [0.25, 0.3) is 5.91 Å². The largest absolute Gasteiger partial charge is 0.396 e. The Morgan fingerprint density at radius 3 is 2.75 bits per heavy atom. The van der Waals surface area contributed by atoms with Gasteiger partial charge < -0.3 is 15.3 Å². The number of hydrogen-bond donors (Lipinski definition) is 2. The van der Waals surface area contributed by atoms with Crippen LogP contribution in [0.1, 0.15) is 22.3 Å². The first-order valence-electron chi connectivity index (χ1n) is 8.74. The van der Waals surface area contributed by atoms with Crippen molar-refractivity contribution in [1.82, 2.24) is 15.1 Å². The summed E-state index contributed by atoms with van der Waals surface area (Å²) >= 11 is 0.